The molecule has 0 saturated carbocycles. The van der Waals surface area contributed by atoms with Crippen LogP contribution in [0.5, 0.6) is 5.75 Å². The van der Waals surface area contributed by atoms with E-state index in [0.717, 1.165) is 31.4 Å². The third-order valence-corrected chi connectivity index (χ3v) is 5.20. The van der Waals surface area contributed by atoms with Crippen molar-refractivity contribution in [3.8, 4) is 5.75 Å². The Kier molecular flexibility index (Phi) is 10.6. The van der Waals surface area contributed by atoms with Gasteiger partial charge in [-0.1, -0.05) is 6.07 Å². The van der Waals surface area contributed by atoms with E-state index < -0.39 is 0 Å². The molecule has 158 valence electrons. The summed E-state index contributed by atoms with van der Waals surface area (Å²) in [6, 6.07) is 3.83. The van der Waals surface area contributed by atoms with Crippen LogP contribution in [0.25, 0.3) is 0 Å². The maximum Gasteiger partial charge on any atom is 0.242 e. The molecule has 6 nitrogen and oxygen atoms in total. The van der Waals surface area contributed by atoms with Crippen LogP contribution in [0.2, 0.25) is 0 Å². The van der Waals surface area contributed by atoms with Crippen LogP contribution in [0, 0.1) is 0 Å². The highest BCUT2D eigenvalue weighted by atomic mass is 127. The van der Waals surface area contributed by atoms with Crippen molar-refractivity contribution in [2.75, 3.05) is 33.2 Å². The predicted octanol–water partition coefficient (Wildman–Crippen LogP) is 3.15. The Morgan fingerprint density at radius 2 is 1.86 bits per heavy atom. The lowest BCUT2D eigenvalue weighted by Crippen LogP contribution is -2.45. The lowest BCUT2D eigenvalue weighted by Gasteiger charge is -2.26. The standard InChI is InChI=1S/C21H34N4O2.HI/c1-5-22-21(24(4)15-20(27)25(6-2)7-3)23-14-18-17-11-9-8-10-16(17)12-13-19(18)26;/h12-13,26H,5-11,14-15H2,1-4H3,(H,22,23);1H. The van der Waals surface area contributed by atoms with E-state index in [0.29, 0.717) is 31.3 Å². The summed E-state index contributed by atoms with van der Waals surface area (Å²) in [5, 5.41) is 13.6. The number of nitrogens with one attached hydrogen (secondary N) is 1. The number of nitrogens with zero attached hydrogens (tertiary/aromatic N) is 3. The van der Waals surface area contributed by atoms with Gasteiger partial charge in [0.2, 0.25) is 5.91 Å². The fourth-order valence-corrected chi connectivity index (χ4v) is 3.65. The number of benzene rings is 1. The summed E-state index contributed by atoms with van der Waals surface area (Å²) in [4.78, 5) is 20.8. The second-order valence-corrected chi connectivity index (χ2v) is 7.00. The van der Waals surface area contributed by atoms with Crippen LogP contribution >= 0.6 is 24.0 Å². The van der Waals surface area contributed by atoms with Crippen LogP contribution in [0.4, 0.5) is 0 Å². The molecule has 2 N–H and O–H groups in total. The minimum absolute atomic E-state index is 0. The van der Waals surface area contributed by atoms with Crippen LogP contribution in [-0.4, -0.2) is 60.0 Å². The highest BCUT2D eigenvalue weighted by molar-refractivity contribution is 14.0. The average molecular weight is 502 g/mol. The Morgan fingerprint density at radius 1 is 1.18 bits per heavy atom. The molecule has 1 aromatic rings. The number of hydrogen-bond donors (Lipinski definition) is 2. The topological polar surface area (TPSA) is 68.2 Å². The fourth-order valence-electron chi connectivity index (χ4n) is 3.65. The van der Waals surface area contributed by atoms with Gasteiger partial charge in [-0.3, -0.25) is 4.79 Å². The molecule has 0 heterocycles. The zero-order valence-electron chi connectivity index (χ0n) is 17.6. The summed E-state index contributed by atoms with van der Waals surface area (Å²) in [5.41, 5.74) is 3.51. The van der Waals surface area contributed by atoms with Gasteiger partial charge < -0.3 is 20.2 Å². The number of guanidine groups is 1. The van der Waals surface area contributed by atoms with Crippen LogP contribution in [0.15, 0.2) is 17.1 Å². The van der Waals surface area contributed by atoms with E-state index in [4.69, 9.17) is 4.99 Å². The SMILES string of the molecule is CCNC(=NCc1c(O)ccc2c1CCCC2)N(C)CC(=O)N(CC)CC.I. The molecule has 1 aliphatic carbocycles. The second kappa shape index (κ2) is 12.1. The van der Waals surface area contributed by atoms with Crippen LogP contribution < -0.4 is 5.32 Å². The van der Waals surface area contributed by atoms with Gasteiger partial charge in [0.15, 0.2) is 5.96 Å². The smallest absolute Gasteiger partial charge is 0.242 e. The van der Waals surface area contributed by atoms with Crippen LogP contribution in [0.1, 0.15) is 50.3 Å². The quantitative estimate of drug-likeness (QED) is 0.342. The number of carbonyl (C=O) groups excluding carboxylic acids is 1. The monoisotopic (exact) mass is 502 g/mol. The molecular weight excluding hydrogens is 467 g/mol. The van der Waals surface area contributed by atoms with Crippen LogP contribution in [0.3, 0.4) is 0 Å². The van der Waals surface area contributed by atoms with E-state index in [2.05, 4.69) is 5.32 Å². The highest BCUT2D eigenvalue weighted by Gasteiger charge is 2.18. The van der Waals surface area contributed by atoms with Gasteiger partial charge in [-0.05, 0) is 63.6 Å². The Balaban J connectivity index is 0.00000392. The zero-order chi connectivity index (χ0) is 19.8. The first-order valence-corrected chi connectivity index (χ1v) is 10.1. The third-order valence-electron chi connectivity index (χ3n) is 5.20. The molecule has 1 amide bonds. The first kappa shape index (κ1) is 24.5. The molecule has 0 atom stereocenters. The summed E-state index contributed by atoms with van der Waals surface area (Å²) in [7, 11) is 1.88. The molecular formula is C21H35IN4O2. The number of aliphatic imine (C=N–C) groups is 1. The van der Waals surface area contributed by atoms with E-state index in [1.807, 2.05) is 43.7 Å². The highest BCUT2D eigenvalue weighted by Crippen LogP contribution is 2.31. The molecule has 0 spiro atoms. The number of aromatic hydroxyl groups is 1. The number of phenolic OH excluding ortho intramolecular Hbond substituents is 1. The molecule has 2 rings (SSSR count). The maximum absolute atomic E-state index is 12.4. The summed E-state index contributed by atoms with van der Waals surface area (Å²) >= 11 is 0. The Labute approximate surface area is 186 Å². The second-order valence-electron chi connectivity index (χ2n) is 7.00. The van der Waals surface area contributed by atoms with Gasteiger partial charge >= 0.3 is 0 Å². The van der Waals surface area contributed by atoms with Gasteiger partial charge in [-0.25, -0.2) is 4.99 Å². The van der Waals surface area contributed by atoms with Crippen molar-refractivity contribution >= 4 is 35.8 Å². The molecule has 7 heteroatoms. The first-order chi connectivity index (χ1) is 13.0. The van der Waals surface area contributed by atoms with E-state index in [-0.39, 0.29) is 36.4 Å². The van der Waals surface area contributed by atoms with Gasteiger partial charge in [0.05, 0.1) is 13.1 Å². The molecule has 1 aliphatic rings. The van der Waals surface area contributed by atoms with Crippen molar-refractivity contribution in [2.45, 2.75) is 53.0 Å². The van der Waals surface area contributed by atoms with E-state index in [9.17, 15) is 9.90 Å². The number of carbonyl (C=O) groups is 1. The number of fused-ring (bicyclic) bond motifs is 1. The van der Waals surface area contributed by atoms with Gasteiger partial charge in [0, 0.05) is 32.2 Å². The molecule has 0 aliphatic heterocycles. The first-order valence-electron chi connectivity index (χ1n) is 10.1. The third kappa shape index (κ3) is 6.25. The molecule has 1 aromatic carbocycles. The molecule has 0 bridgehead atoms. The van der Waals surface area contributed by atoms with Crippen molar-refractivity contribution in [3.05, 3.63) is 28.8 Å². The number of rotatable bonds is 7. The molecule has 0 unspecified atom stereocenters. The Morgan fingerprint density at radius 3 is 2.50 bits per heavy atom. The number of hydrogen-bond acceptors (Lipinski definition) is 3. The van der Waals surface area contributed by atoms with Crippen molar-refractivity contribution in [1.82, 2.24) is 15.1 Å². The zero-order valence-corrected chi connectivity index (χ0v) is 20.0. The summed E-state index contributed by atoms with van der Waals surface area (Å²) < 4.78 is 0. The average Bonchev–Trinajstić information content (AvgIpc) is 2.67. The number of aryl methyl sites for hydroxylation is 1. The summed E-state index contributed by atoms with van der Waals surface area (Å²) in [6.07, 6.45) is 4.44. The van der Waals surface area contributed by atoms with E-state index in [1.54, 1.807) is 6.07 Å². The van der Waals surface area contributed by atoms with Gasteiger partial charge in [0.25, 0.3) is 0 Å². The van der Waals surface area contributed by atoms with Gasteiger partial charge in [-0.2, -0.15) is 0 Å². The predicted molar refractivity (Wildman–Crippen MR) is 126 cm³/mol. The largest absolute Gasteiger partial charge is 0.508 e. The lowest BCUT2D eigenvalue weighted by molar-refractivity contribution is -0.131. The number of halogens is 1. The number of amides is 1. The maximum atomic E-state index is 12.4. The number of likely N-dealkylation sites (N-methyl/N-ethyl adjacent to an activating group) is 2. The minimum Gasteiger partial charge on any atom is -0.508 e. The lowest BCUT2D eigenvalue weighted by atomic mass is 9.88. The van der Waals surface area contributed by atoms with Crippen LogP contribution in [-0.2, 0) is 24.2 Å². The van der Waals surface area contributed by atoms with E-state index in [1.165, 1.54) is 17.5 Å². The van der Waals surface area contributed by atoms with Crippen molar-refractivity contribution in [1.29, 1.82) is 0 Å². The van der Waals surface area contributed by atoms with Crippen molar-refractivity contribution < 1.29 is 9.90 Å². The summed E-state index contributed by atoms with van der Waals surface area (Å²) in [6.45, 7) is 8.83. The Bertz CT molecular complexity index is 675. The minimum atomic E-state index is 0. The summed E-state index contributed by atoms with van der Waals surface area (Å²) in [5.74, 6) is 1.09. The normalized spacial score (nSPS) is 13.4. The fraction of sp³-hybridized carbons (Fsp3) is 0.619. The molecule has 0 fully saturated rings. The molecule has 0 aromatic heterocycles. The van der Waals surface area contributed by atoms with Crippen molar-refractivity contribution in [3.63, 3.8) is 0 Å². The van der Waals surface area contributed by atoms with E-state index >= 15 is 0 Å². The van der Waals surface area contributed by atoms with Gasteiger partial charge in [0.1, 0.15) is 5.75 Å². The molecule has 0 radical (unpaired) electrons. The molecule has 0 saturated heterocycles. The Hall–Kier alpha value is -1.51. The van der Waals surface area contributed by atoms with Gasteiger partial charge in [-0.15, -0.1) is 24.0 Å². The van der Waals surface area contributed by atoms with Crippen molar-refractivity contribution in [2.24, 2.45) is 4.99 Å². The molecule has 28 heavy (non-hydrogen) atoms. The number of phenols is 1.